The Kier molecular flexibility index (Phi) is 7.87. The second kappa shape index (κ2) is 14.3. The molecule has 0 N–H and O–H groups in total. The van der Waals surface area contributed by atoms with Gasteiger partial charge in [0, 0.05) is 44.9 Å². The van der Waals surface area contributed by atoms with Gasteiger partial charge in [-0.1, -0.05) is 182 Å². The van der Waals surface area contributed by atoms with Crippen LogP contribution < -0.4 is 26.2 Å². The largest absolute Gasteiger partial charge is 0.311 e. The van der Waals surface area contributed by atoms with Crippen LogP contribution in [0, 0.1) is 0 Å². The van der Waals surface area contributed by atoms with Crippen LogP contribution >= 0.6 is 0 Å². The van der Waals surface area contributed by atoms with Gasteiger partial charge in [-0.05, 0) is 132 Å². The molecule has 68 heavy (non-hydrogen) atoms. The maximum atomic E-state index is 2.64. The Morgan fingerprint density at radius 2 is 0.897 bits per heavy atom. The lowest BCUT2D eigenvalue weighted by atomic mass is 9.33. The lowest BCUT2D eigenvalue weighted by Gasteiger charge is -2.41. The van der Waals surface area contributed by atoms with E-state index in [1.54, 1.807) is 0 Å². The lowest BCUT2D eigenvalue weighted by molar-refractivity contribution is 1.16. The van der Waals surface area contributed by atoms with E-state index in [1.807, 2.05) is 0 Å². The molecule has 0 atom stereocenters. The molecule has 15 rings (SSSR count). The highest BCUT2D eigenvalue weighted by Gasteiger charge is 2.43. The number of fused-ring (bicyclic) bond motifs is 8. The number of hydrogen-bond donors (Lipinski definition) is 0. The van der Waals surface area contributed by atoms with Crippen molar-refractivity contribution >= 4 is 89.8 Å². The second-order valence-corrected chi connectivity index (χ2v) is 18.4. The normalized spacial score (nSPS) is 12.6. The summed E-state index contributed by atoms with van der Waals surface area (Å²) in [4.78, 5) is 4.97. The molecule has 11 aromatic carbocycles. The van der Waals surface area contributed by atoms with Gasteiger partial charge in [0.25, 0.3) is 6.71 Å². The topological polar surface area (TPSA) is 11.4 Å². The van der Waals surface area contributed by atoms with Crippen molar-refractivity contribution in [2.75, 3.05) is 9.80 Å². The molecular weight excluding hydrogens is 822 g/mol. The summed E-state index contributed by atoms with van der Waals surface area (Å²) in [6.07, 6.45) is 0. The fourth-order valence-corrected chi connectivity index (χ4v) is 12.0. The summed E-state index contributed by atoms with van der Waals surface area (Å²) in [6.45, 7) is 0.00377. The summed E-state index contributed by atoms with van der Waals surface area (Å²) in [5.74, 6) is 0. The summed E-state index contributed by atoms with van der Waals surface area (Å²) in [5, 5.41) is 5.26. The highest BCUT2D eigenvalue weighted by molar-refractivity contribution is 7.00. The van der Waals surface area contributed by atoms with E-state index in [9.17, 15) is 0 Å². The molecule has 0 fully saturated rings. The van der Waals surface area contributed by atoms with Crippen LogP contribution in [0.15, 0.2) is 243 Å². The van der Waals surface area contributed by atoms with Gasteiger partial charge in [-0.3, -0.25) is 0 Å². The van der Waals surface area contributed by atoms with Crippen LogP contribution in [-0.2, 0) is 0 Å². The molecule has 4 heteroatoms. The number of hydrogen-bond acceptors (Lipinski definition) is 2. The standard InChI is InChI=1S/C64H40BN3/c1-4-15-41(16-5-1)43-27-32-47(33-28-43)66(48-34-29-44(30-35-48)42-17-6-2-7-18-42)49-39-58-63-59(40-49)68-57-38-31-45-19-14-24-52-50-22-10-11-23-51(50)53-36-37-55(64(68)61(53)62(57)60(45)52)65(63)54-25-12-13-26-56(54)67(58)46-20-8-3-9-21-46/h1-40H. The van der Waals surface area contributed by atoms with Crippen molar-refractivity contribution in [2.45, 2.75) is 0 Å². The van der Waals surface area contributed by atoms with Crippen molar-refractivity contribution in [2.24, 2.45) is 0 Å². The Bertz CT molecular complexity index is 3930. The van der Waals surface area contributed by atoms with Crippen molar-refractivity contribution in [1.82, 2.24) is 4.57 Å². The van der Waals surface area contributed by atoms with Gasteiger partial charge in [-0.25, -0.2) is 0 Å². The third-order valence-electron chi connectivity index (χ3n) is 14.9. The Labute approximate surface area is 395 Å². The number of para-hydroxylation sites is 2. The van der Waals surface area contributed by atoms with Crippen molar-refractivity contribution in [3.8, 4) is 50.2 Å². The van der Waals surface area contributed by atoms with Gasteiger partial charge in [-0.15, -0.1) is 0 Å². The van der Waals surface area contributed by atoms with Gasteiger partial charge < -0.3 is 14.4 Å². The molecule has 0 saturated heterocycles. The van der Waals surface area contributed by atoms with E-state index in [4.69, 9.17) is 0 Å². The second-order valence-electron chi connectivity index (χ2n) is 18.4. The van der Waals surface area contributed by atoms with Crippen LogP contribution in [0.3, 0.4) is 0 Å². The molecule has 314 valence electrons. The van der Waals surface area contributed by atoms with Crippen LogP contribution in [-0.4, -0.2) is 11.3 Å². The molecule has 1 aromatic heterocycles. The first-order valence-electron chi connectivity index (χ1n) is 23.6. The monoisotopic (exact) mass is 861 g/mol. The Morgan fingerprint density at radius 3 is 1.57 bits per heavy atom. The van der Waals surface area contributed by atoms with Gasteiger partial charge in [0.1, 0.15) is 0 Å². The summed E-state index contributed by atoms with van der Waals surface area (Å²) in [5.41, 5.74) is 24.4. The fraction of sp³-hybridized carbons (Fsp3) is 0. The summed E-state index contributed by atoms with van der Waals surface area (Å²) in [6, 6.07) is 90.0. The lowest BCUT2D eigenvalue weighted by Crippen LogP contribution is -2.60. The van der Waals surface area contributed by atoms with Gasteiger partial charge in [0.2, 0.25) is 0 Å². The van der Waals surface area contributed by atoms with Crippen LogP contribution in [0.5, 0.6) is 0 Å². The Hall–Kier alpha value is -8.86. The van der Waals surface area contributed by atoms with E-state index in [0.717, 1.165) is 22.7 Å². The molecule has 12 aromatic rings. The highest BCUT2D eigenvalue weighted by Crippen LogP contribution is 2.52. The quantitative estimate of drug-likeness (QED) is 0.154. The maximum Gasteiger partial charge on any atom is 0.252 e. The zero-order valence-electron chi connectivity index (χ0n) is 37.0. The first-order valence-corrected chi connectivity index (χ1v) is 23.6. The van der Waals surface area contributed by atoms with Crippen molar-refractivity contribution < 1.29 is 0 Å². The minimum absolute atomic E-state index is 0.00377. The first kappa shape index (κ1) is 37.4. The van der Waals surface area contributed by atoms with Crippen molar-refractivity contribution in [3.63, 3.8) is 0 Å². The third kappa shape index (κ3) is 5.26. The molecule has 1 aliphatic carbocycles. The molecule has 3 nitrogen and oxygen atoms in total. The number of aromatic nitrogens is 1. The summed E-state index contributed by atoms with van der Waals surface area (Å²) < 4.78 is 2.64. The zero-order valence-corrected chi connectivity index (χ0v) is 37.0. The third-order valence-corrected chi connectivity index (χ3v) is 14.9. The zero-order chi connectivity index (χ0) is 44.5. The fourth-order valence-electron chi connectivity index (χ4n) is 12.0. The van der Waals surface area contributed by atoms with Gasteiger partial charge >= 0.3 is 0 Å². The molecule has 0 unspecified atom stereocenters. The minimum atomic E-state index is 0.00377. The van der Waals surface area contributed by atoms with E-state index in [0.29, 0.717) is 0 Å². The molecule has 0 saturated carbocycles. The van der Waals surface area contributed by atoms with Crippen molar-refractivity contribution in [1.29, 1.82) is 0 Å². The van der Waals surface area contributed by atoms with E-state index >= 15 is 0 Å². The molecular formula is C64H40BN3. The average molecular weight is 862 g/mol. The van der Waals surface area contributed by atoms with Gasteiger partial charge in [0.15, 0.2) is 0 Å². The van der Waals surface area contributed by atoms with Gasteiger partial charge in [-0.2, -0.15) is 0 Å². The molecule has 0 radical (unpaired) electrons. The average Bonchev–Trinajstić information content (AvgIpc) is 3.70. The predicted octanol–water partition coefficient (Wildman–Crippen LogP) is 15.0. The maximum absolute atomic E-state index is 2.64. The SMILES string of the molecule is c1ccc(-c2ccc(N(c3ccc(-c4ccccc4)cc3)c3cc4c5c(c3)-n3c6ccc7cccc8c7c6c6c(ccc(c63)B5c3ccccc3N4c3ccccc3)-c3ccccc3-8)cc2)cc1. The van der Waals surface area contributed by atoms with E-state index in [-0.39, 0.29) is 6.71 Å². The van der Waals surface area contributed by atoms with E-state index in [2.05, 4.69) is 257 Å². The number of rotatable bonds is 6. The molecule has 3 aliphatic rings. The molecule has 3 heterocycles. The van der Waals surface area contributed by atoms with Crippen LogP contribution in [0.25, 0.3) is 82.8 Å². The van der Waals surface area contributed by atoms with Gasteiger partial charge in [0.05, 0.1) is 16.7 Å². The van der Waals surface area contributed by atoms with Crippen LogP contribution in [0.1, 0.15) is 0 Å². The molecule has 2 aliphatic heterocycles. The van der Waals surface area contributed by atoms with E-state index in [1.165, 1.54) is 111 Å². The number of benzene rings is 11. The predicted molar refractivity (Wildman–Crippen MR) is 288 cm³/mol. The number of anilines is 6. The van der Waals surface area contributed by atoms with Crippen LogP contribution in [0.2, 0.25) is 0 Å². The minimum Gasteiger partial charge on any atom is -0.311 e. The first-order chi connectivity index (χ1) is 33.8. The summed E-state index contributed by atoms with van der Waals surface area (Å²) >= 11 is 0. The van der Waals surface area contributed by atoms with Crippen molar-refractivity contribution in [3.05, 3.63) is 243 Å². The molecule has 0 bridgehead atoms. The smallest absolute Gasteiger partial charge is 0.252 e. The highest BCUT2D eigenvalue weighted by atomic mass is 15.2. The molecule has 0 amide bonds. The van der Waals surface area contributed by atoms with E-state index < -0.39 is 0 Å². The molecule has 0 spiro atoms. The van der Waals surface area contributed by atoms with Crippen LogP contribution in [0.4, 0.5) is 34.1 Å². The Balaban J connectivity index is 1.07. The Morgan fingerprint density at radius 1 is 0.338 bits per heavy atom. The number of nitrogens with zero attached hydrogens (tertiary/aromatic N) is 3. The summed E-state index contributed by atoms with van der Waals surface area (Å²) in [7, 11) is 0.